The molecule has 3 aliphatic rings. The Hall–Kier alpha value is -1.36. The van der Waals surface area contributed by atoms with Crippen molar-refractivity contribution in [1.29, 1.82) is 0 Å². The molecular weight excluding hydrogens is 268 g/mol. The van der Waals surface area contributed by atoms with E-state index in [1.807, 2.05) is 11.0 Å². The van der Waals surface area contributed by atoms with Gasteiger partial charge in [-0.2, -0.15) is 0 Å². The summed E-state index contributed by atoms with van der Waals surface area (Å²) < 4.78 is 0. The highest BCUT2D eigenvalue weighted by Crippen LogP contribution is 2.48. The Bertz CT molecular complexity index is 466. The Balaban J connectivity index is 1.68. The van der Waals surface area contributed by atoms with E-state index in [2.05, 4.69) is 24.8 Å². The number of piperazine rings is 1. The second-order valence-corrected chi connectivity index (χ2v) is 6.79. The number of hydrogen-bond acceptors (Lipinski definition) is 3. The van der Waals surface area contributed by atoms with Crippen molar-refractivity contribution >= 4 is 11.9 Å². The van der Waals surface area contributed by atoms with Crippen LogP contribution in [0.3, 0.4) is 0 Å². The molecule has 0 aromatic carbocycles. The van der Waals surface area contributed by atoms with Crippen LogP contribution < -0.4 is 0 Å². The topological polar surface area (TPSA) is 60.9 Å². The number of carbonyl (C=O) groups is 2. The molecular formula is C16H24N2O3. The van der Waals surface area contributed by atoms with Gasteiger partial charge in [-0.1, -0.05) is 12.2 Å². The molecule has 116 valence electrons. The molecule has 5 nitrogen and oxygen atoms in total. The second-order valence-electron chi connectivity index (χ2n) is 6.79. The van der Waals surface area contributed by atoms with Gasteiger partial charge in [-0.25, -0.2) is 0 Å². The first-order valence-electron chi connectivity index (χ1n) is 7.93. The van der Waals surface area contributed by atoms with E-state index in [0.717, 1.165) is 32.6 Å². The Morgan fingerprint density at radius 1 is 1.05 bits per heavy atom. The van der Waals surface area contributed by atoms with Crippen molar-refractivity contribution < 1.29 is 14.7 Å². The van der Waals surface area contributed by atoms with Crippen LogP contribution in [0.1, 0.15) is 20.3 Å². The van der Waals surface area contributed by atoms with Crippen LogP contribution in [0, 0.1) is 23.7 Å². The summed E-state index contributed by atoms with van der Waals surface area (Å²) in [4.78, 5) is 28.6. The number of nitrogens with zero attached hydrogens (tertiary/aromatic N) is 2. The van der Waals surface area contributed by atoms with Crippen molar-refractivity contribution in [3.63, 3.8) is 0 Å². The first kappa shape index (κ1) is 14.6. The van der Waals surface area contributed by atoms with E-state index in [0.29, 0.717) is 6.04 Å². The van der Waals surface area contributed by atoms with Crippen molar-refractivity contribution in [2.75, 3.05) is 26.2 Å². The Morgan fingerprint density at radius 3 is 2.14 bits per heavy atom. The molecule has 4 unspecified atom stereocenters. The van der Waals surface area contributed by atoms with Crippen LogP contribution in [0.4, 0.5) is 0 Å². The van der Waals surface area contributed by atoms with Gasteiger partial charge in [-0.3, -0.25) is 14.5 Å². The second kappa shape index (κ2) is 5.44. The predicted molar refractivity (Wildman–Crippen MR) is 78.6 cm³/mol. The van der Waals surface area contributed by atoms with Gasteiger partial charge in [0.25, 0.3) is 0 Å². The average molecular weight is 292 g/mol. The smallest absolute Gasteiger partial charge is 0.307 e. The fourth-order valence-corrected chi connectivity index (χ4v) is 4.17. The van der Waals surface area contributed by atoms with Crippen LogP contribution in [0.5, 0.6) is 0 Å². The Labute approximate surface area is 125 Å². The molecule has 1 aliphatic heterocycles. The first-order valence-corrected chi connectivity index (χ1v) is 7.93. The molecule has 1 amide bonds. The third-order valence-corrected chi connectivity index (χ3v) is 5.39. The Kier molecular flexibility index (Phi) is 3.78. The third-order valence-electron chi connectivity index (χ3n) is 5.39. The van der Waals surface area contributed by atoms with Crippen molar-refractivity contribution in [3.05, 3.63) is 12.2 Å². The molecule has 2 aliphatic carbocycles. The van der Waals surface area contributed by atoms with Crippen LogP contribution in [0.2, 0.25) is 0 Å². The molecule has 5 heteroatoms. The quantitative estimate of drug-likeness (QED) is 0.790. The SMILES string of the molecule is CC(C)N1CCN(C(=O)C2C3C=CC(C3)C2C(=O)O)CC1. The number of carbonyl (C=O) groups excluding carboxylic acids is 1. The van der Waals surface area contributed by atoms with E-state index >= 15 is 0 Å². The van der Waals surface area contributed by atoms with Gasteiger partial charge in [0, 0.05) is 32.2 Å². The van der Waals surface area contributed by atoms with E-state index < -0.39 is 11.9 Å². The predicted octanol–water partition coefficient (Wildman–Crippen LogP) is 1.06. The lowest BCUT2D eigenvalue weighted by molar-refractivity contribution is -0.151. The summed E-state index contributed by atoms with van der Waals surface area (Å²) in [5.41, 5.74) is 0. The summed E-state index contributed by atoms with van der Waals surface area (Å²) in [5, 5.41) is 9.45. The molecule has 3 rings (SSSR count). The number of amides is 1. The highest BCUT2D eigenvalue weighted by molar-refractivity contribution is 5.87. The van der Waals surface area contributed by atoms with Crippen molar-refractivity contribution in [3.8, 4) is 0 Å². The van der Waals surface area contributed by atoms with E-state index in [-0.39, 0.29) is 23.7 Å². The number of aliphatic carboxylic acids is 1. The first-order chi connectivity index (χ1) is 9.99. The summed E-state index contributed by atoms with van der Waals surface area (Å²) >= 11 is 0. The number of hydrogen-bond donors (Lipinski definition) is 1. The van der Waals surface area contributed by atoms with Gasteiger partial charge in [0.2, 0.25) is 5.91 Å². The third kappa shape index (κ3) is 2.48. The number of carboxylic acid groups (broad SMARTS) is 1. The standard InChI is InChI=1S/C16H24N2O3/c1-10(2)17-5-7-18(8-6-17)15(19)13-11-3-4-12(9-11)14(13)16(20)21/h3-4,10-14H,5-9H2,1-2H3,(H,20,21). The maximum atomic E-state index is 12.8. The number of fused-ring (bicyclic) bond motifs is 2. The largest absolute Gasteiger partial charge is 0.481 e. The molecule has 0 aromatic rings. The average Bonchev–Trinajstić information content (AvgIpc) is 3.07. The lowest BCUT2D eigenvalue weighted by atomic mass is 9.82. The molecule has 0 aromatic heterocycles. The van der Waals surface area contributed by atoms with Crippen LogP contribution >= 0.6 is 0 Å². The molecule has 0 spiro atoms. The van der Waals surface area contributed by atoms with E-state index in [4.69, 9.17) is 0 Å². The minimum atomic E-state index is -0.814. The number of allylic oxidation sites excluding steroid dienone is 2. The molecule has 1 heterocycles. The molecule has 1 saturated heterocycles. The van der Waals surface area contributed by atoms with Gasteiger partial charge in [0.05, 0.1) is 11.8 Å². The lowest BCUT2D eigenvalue weighted by Gasteiger charge is -2.39. The van der Waals surface area contributed by atoms with Crippen molar-refractivity contribution in [2.45, 2.75) is 26.3 Å². The van der Waals surface area contributed by atoms with E-state index in [9.17, 15) is 14.7 Å². The molecule has 21 heavy (non-hydrogen) atoms. The summed E-state index contributed by atoms with van der Waals surface area (Å²) in [6.07, 6.45) is 4.88. The van der Waals surface area contributed by atoms with Crippen molar-refractivity contribution in [1.82, 2.24) is 9.80 Å². The molecule has 0 radical (unpaired) electrons. The molecule has 4 atom stereocenters. The minimum Gasteiger partial charge on any atom is -0.481 e. The summed E-state index contributed by atoms with van der Waals surface area (Å²) in [7, 11) is 0. The maximum Gasteiger partial charge on any atom is 0.307 e. The Morgan fingerprint density at radius 2 is 1.62 bits per heavy atom. The lowest BCUT2D eigenvalue weighted by Crippen LogP contribution is -2.53. The summed E-state index contributed by atoms with van der Waals surface area (Å²) in [6.45, 7) is 7.55. The molecule has 2 fully saturated rings. The molecule has 2 bridgehead atoms. The van der Waals surface area contributed by atoms with Gasteiger partial charge in [-0.15, -0.1) is 0 Å². The van der Waals surface area contributed by atoms with Crippen LogP contribution in [0.25, 0.3) is 0 Å². The minimum absolute atomic E-state index is 0.0541. The molecule has 1 saturated carbocycles. The van der Waals surface area contributed by atoms with Crippen LogP contribution in [0.15, 0.2) is 12.2 Å². The van der Waals surface area contributed by atoms with E-state index in [1.54, 1.807) is 0 Å². The highest BCUT2D eigenvalue weighted by atomic mass is 16.4. The summed E-state index contributed by atoms with van der Waals surface area (Å²) in [5.74, 6) is -1.43. The zero-order valence-corrected chi connectivity index (χ0v) is 12.7. The highest BCUT2D eigenvalue weighted by Gasteiger charge is 2.52. The van der Waals surface area contributed by atoms with Crippen molar-refractivity contribution in [2.24, 2.45) is 23.7 Å². The van der Waals surface area contributed by atoms with Gasteiger partial charge in [0.1, 0.15) is 0 Å². The normalized spacial score (nSPS) is 35.7. The fourth-order valence-electron chi connectivity index (χ4n) is 4.17. The summed E-state index contributed by atoms with van der Waals surface area (Å²) in [6, 6.07) is 0.499. The zero-order chi connectivity index (χ0) is 15.1. The number of rotatable bonds is 3. The monoisotopic (exact) mass is 292 g/mol. The van der Waals surface area contributed by atoms with Gasteiger partial charge in [0.15, 0.2) is 0 Å². The van der Waals surface area contributed by atoms with Gasteiger partial charge < -0.3 is 10.0 Å². The fraction of sp³-hybridized carbons (Fsp3) is 0.750. The van der Waals surface area contributed by atoms with Crippen LogP contribution in [-0.4, -0.2) is 59.0 Å². The molecule has 1 N–H and O–H groups in total. The van der Waals surface area contributed by atoms with E-state index in [1.165, 1.54) is 0 Å². The number of carboxylic acids is 1. The van der Waals surface area contributed by atoms with Gasteiger partial charge >= 0.3 is 5.97 Å². The van der Waals surface area contributed by atoms with Gasteiger partial charge in [-0.05, 0) is 32.1 Å². The maximum absolute atomic E-state index is 12.8. The van der Waals surface area contributed by atoms with Crippen LogP contribution in [-0.2, 0) is 9.59 Å². The zero-order valence-electron chi connectivity index (χ0n) is 12.7.